The third-order valence-electron chi connectivity index (χ3n) is 4.53. The number of nitrogens with one attached hydrogen (secondary N) is 2. The van der Waals surface area contributed by atoms with E-state index in [2.05, 4.69) is 15.0 Å². The highest BCUT2D eigenvalue weighted by Crippen LogP contribution is 2.29. The molecule has 0 aliphatic heterocycles. The first-order chi connectivity index (χ1) is 15.9. The standard InChI is InChI=1S/C22H16N4O6S/c1-31-19-11-8-14(12-17(19)26(29)30)21(27)33-25-22(28)23-15-9-6-13(7-10-15)20-24-16-4-2-3-5-18(16)32-20/h2-12H,1H3,(H2,23,25,28). The van der Waals surface area contributed by atoms with Crippen molar-refractivity contribution in [1.82, 2.24) is 9.71 Å². The summed E-state index contributed by atoms with van der Waals surface area (Å²) in [5, 5.41) is 13.1. The number of hydrogen-bond acceptors (Lipinski definition) is 8. The Bertz CT molecular complexity index is 1320. The molecule has 0 unspecified atom stereocenters. The summed E-state index contributed by atoms with van der Waals surface area (Å²) in [6.45, 7) is 0. The molecule has 2 N–H and O–H groups in total. The van der Waals surface area contributed by atoms with Gasteiger partial charge in [0.05, 0.1) is 12.0 Å². The number of nitrogens with zero attached hydrogens (tertiary/aromatic N) is 2. The van der Waals surface area contributed by atoms with Crippen LogP contribution in [0.15, 0.2) is 71.1 Å². The highest BCUT2D eigenvalue weighted by atomic mass is 32.2. The molecule has 4 rings (SSSR count). The predicted molar refractivity (Wildman–Crippen MR) is 123 cm³/mol. The number of fused-ring (bicyclic) bond motifs is 1. The Labute approximate surface area is 191 Å². The van der Waals surface area contributed by atoms with Crippen LogP contribution in [0.4, 0.5) is 16.2 Å². The number of benzene rings is 3. The molecule has 0 aliphatic carbocycles. The number of hydrogen-bond donors (Lipinski definition) is 2. The van der Waals surface area contributed by atoms with E-state index in [1.54, 1.807) is 24.3 Å². The predicted octanol–water partition coefficient (Wildman–Crippen LogP) is 5.02. The van der Waals surface area contributed by atoms with Crippen molar-refractivity contribution >= 4 is 45.6 Å². The molecule has 0 atom stereocenters. The monoisotopic (exact) mass is 464 g/mol. The third-order valence-corrected chi connectivity index (χ3v) is 5.24. The van der Waals surface area contributed by atoms with Gasteiger partial charge in [0.15, 0.2) is 11.3 Å². The van der Waals surface area contributed by atoms with Crippen LogP contribution < -0.4 is 14.8 Å². The molecule has 0 aliphatic rings. The van der Waals surface area contributed by atoms with Crippen LogP contribution in [0.25, 0.3) is 22.6 Å². The van der Waals surface area contributed by atoms with E-state index in [0.717, 1.165) is 17.1 Å². The SMILES string of the molecule is COc1ccc(C(=O)SNC(=O)Nc2ccc(-c3nc4ccccc4o3)cc2)cc1[N+](=O)[O-]. The number of rotatable bonds is 5. The Balaban J connectivity index is 1.35. The summed E-state index contributed by atoms with van der Waals surface area (Å²) in [7, 11) is 1.30. The Morgan fingerprint density at radius 1 is 1.09 bits per heavy atom. The van der Waals surface area contributed by atoms with Gasteiger partial charge in [0.25, 0.3) is 0 Å². The third kappa shape index (κ3) is 4.93. The number of urea groups is 1. The van der Waals surface area contributed by atoms with E-state index < -0.39 is 16.1 Å². The van der Waals surface area contributed by atoms with Gasteiger partial charge in [-0.2, -0.15) is 0 Å². The minimum atomic E-state index is -0.648. The van der Waals surface area contributed by atoms with Gasteiger partial charge in [0.2, 0.25) is 11.0 Å². The molecular formula is C22H16N4O6S. The number of nitro groups is 1. The molecular weight excluding hydrogens is 448 g/mol. The van der Waals surface area contributed by atoms with Crippen molar-refractivity contribution in [2.45, 2.75) is 0 Å². The van der Waals surface area contributed by atoms with E-state index in [1.807, 2.05) is 24.3 Å². The molecule has 1 heterocycles. The van der Waals surface area contributed by atoms with Crippen molar-refractivity contribution in [3.63, 3.8) is 0 Å². The smallest absolute Gasteiger partial charge is 0.329 e. The first-order valence-corrected chi connectivity index (χ1v) is 10.3. The van der Waals surface area contributed by atoms with Crippen LogP contribution in [0.1, 0.15) is 10.4 Å². The van der Waals surface area contributed by atoms with Crippen molar-refractivity contribution < 1.29 is 23.7 Å². The van der Waals surface area contributed by atoms with Crippen molar-refractivity contribution in [3.05, 3.63) is 82.4 Å². The lowest BCUT2D eigenvalue weighted by Crippen LogP contribution is -2.24. The summed E-state index contributed by atoms with van der Waals surface area (Å²) in [5.41, 5.74) is 2.36. The minimum Gasteiger partial charge on any atom is -0.490 e. The van der Waals surface area contributed by atoms with Gasteiger partial charge in [0, 0.05) is 34.8 Å². The quantitative estimate of drug-likeness (QED) is 0.239. The van der Waals surface area contributed by atoms with Crippen LogP contribution in [0.2, 0.25) is 0 Å². The maximum atomic E-state index is 12.3. The molecule has 3 aromatic carbocycles. The number of methoxy groups -OCH3 is 1. The second-order valence-electron chi connectivity index (χ2n) is 6.65. The maximum Gasteiger partial charge on any atom is 0.329 e. The van der Waals surface area contributed by atoms with Crippen molar-refractivity contribution in [2.24, 2.45) is 0 Å². The number of carbonyl (C=O) groups is 2. The summed E-state index contributed by atoms with van der Waals surface area (Å²) in [6, 6.07) is 17.4. The molecule has 0 bridgehead atoms. The molecule has 10 nitrogen and oxygen atoms in total. The van der Waals surface area contributed by atoms with Gasteiger partial charge in [-0.05, 0) is 48.5 Å². The topological polar surface area (TPSA) is 137 Å². The summed E-state index contributed by atoms with van der Waals surface area (Å²) in [5.74, 6) is 0.496. The molecule has 0 fully saturated rings. The molecule has 0 saturated heterocycles. The lowest BCUT2D eigenvalue weighted by molar-refractivity contribution is -0.385. The number of para-hydroxylation sites is 2. The second kappa shape index (κ2) is 9.40. The lowest BCUT2D eigenvalue weighted by atomic mass is 10.2. The Hall–Kier alpha value is -4.38. The van der Waals surface area contributed by atoms with E-state index in [4.69, 9.17) is 9.15 Å². The minimum absolute atomic E-state index is 0.0357. The Morgan fingerprint density at radius 2 is 1.85 bits per heavy atom. The number of ether oxygens (including phenoxy) is 1. The maximum absolute atomic E-state index is 12.3. The summed E-state index contributed by atoms with van der Waals surface area (Å²) >= 11 is 0.504. The number of aromatic nitrogens is 1. The van der Waals surface area contributed by atoms with Crippen molar-refractivity contribution in [2.75, 3.05) is 12.4 Å². The Morgan fingerprint density at radius 3 is 2.55 bits per heavy atom. The normalized spacial score (nSPS) is 10.6. The number of anilines is 1. The molecule has 0 saturated carbocycles. The molecule has 4 aromatic rings. The first kappa shape index (κ1) is 21.8. The van der Waals surface area contributed by atoms with Crippen LogP contribution in [0, 0.1) is 10.1 Å². The van der Waals surface area contributed by atoms with Gasteiger partial charge in [-0.1, -0.05) is 12.1 Å². The van der Waals surface area contributed by atoms with Crippen LogP contribution in [0.5, 0.6) is 5.75 Å². The van der Waals surface area contributed by atoms with E-state index in [0.29, 0.717) is 29.1 Å². The van der Waals surface area contributed by atoms with E-state index in [1.165, 1.54) is 19.2 Å². The fourth-order valence-electron chi connectivity index (χ4n) is 2.96. The van der Waals surface area contributed by atoms with E-state index in [9.17, 15) is 19.7 Å². The average Bonchev–Trinajstić information content (AvgIpc) is 3.27. The van der Waals surface area contributed by atoms with Crippen molar-refractivity contribution in [1.29, 1.82) is 0 Å². The van der Waals surface area contributed by atoms with E-state index >= 15 is 0 Å². The molecule has 2 amide bonds. The summed E-state index contributed by atoms with van der Waals surface area (Å²) < 4.78 is 13.0. The van der Waals surface area contributed by atoms with Crippen LogP contribution in [-0.2, 0) is 0 Å². The number of nitro benzene ring substituents is 1. The molecule has 33 heavy (non-hydrogen) atoms. The van der Waals surface area contributed by atoms with Crippen LogP contribution >= 0.6 is 11.9 Å². The number of amides is 2. The van der Waals surface area contributed by atoms with Gasteiger partial charge in [0.1, 0.15) is 5.52 Å². The Kier molecular flexibility index (Phi) is 6.22. The van der Waals surface area contributed by atoms with Gasteiger partial charge >= 0.3 is 11.7 Å². The average molecular weight is 464 g/mol. The summed E-state index contributed by atoms with van der Waals surface area (Å²) in [4.78, 5) is 39.3. The lowest BCUT2D eigenvalue weighted by Gasteiger charge is -2.07. The second-order valence-corrected chi connectivity index (χ2v) is 7.43. The molecule has 0 radical (unpaired) electrons. The highest BCUT2D eigenvalue weighted by Gasteiger charge is 2.19. The first-order valence-electron chi connectivity index (χ1n) is 9.51. The number of carbonyl (C=O) groups excluding carboxylic acids is 2. The largest absolute Gasteiger partial charge is 0.490 e. The van der Waals surface area contributed by atoms with Gasteiger partial charge in [-0.25, -0.2) is 9.78 Å². The van der Waals surface area contributed by atoms with Gasteiger partial charge in [-0.15, -0.1) is 0 Å². The fourth-order valence-corrected chi connectivity index (χ4v) is 3.44. The fraction of sp³-hybridized carbons (Fsp3) is 0.0455. The molecule has 0 spiro atoms. The van der Waals surface area contributed by atoms with E-state index in [-0.39, 0.29) is 17.0 Å². The van der Waals surface area contributed by atoms with Crippen LogP contribution in [-0.4, -0.2) is 28.2 Å². The number of oxazole rings is 1. The van der Waals surface area contributed by atoms with Gasteiger partial charge < -0.3 is 14.5 Å². The highest BCUT2D eigenvalue weighted by molar-refractivity contribution is 8.12. The molecule has 1 aromatic heterocycles. The molecule has 166 valence electrons. The summed E-state index contributed by atoms with van der Waals surface area (Å²) in [6.07, 6.45) is 0. The van der Waals surface area contributed by atoms with Gasteiger partial charge in [-0.3, -0.25) is 19.6 Å². The van der Waals surface area contributed by atoms with Crippen molar-refractivity contribution in [3.8, 4) is 17.2 Å². The molecule has 11 heteroatoms. The zero-order chi connectivity index (χ0) is 23.4. The van der Waals surface area contributed by atoms with Crippen LogP contribution in [0.3, 0.4) is 0 Å². The zero-order valence-electron chi connectivity index (χ0n) is 17.1. The zero-order valence-corrected chi connectivity index (χ0v) is 17.9.